The molecule has 0 aromatic heterocycles. The van der Waals surface area contributed by atoms with E-state index in [1.165, 1.54) is 0 Å². The van der Waals surface area contributed by atoms with Gasteiger partial charge in [-0.05, 0) is 33.1 Å². The summed E-state index contributed by atoms with van der Waals surface area (Å²) >= 11 is 0. The molecule has 0 radical (unpaired) electrons. The first-order chi connectivity index (χ1) is 11.0. The summed E-state index contributed by atoms with van der Waals surface area (Å²) in [5, 5.41) is 12.9. The molecule has 23 heavy (non-hydrogen) atoms. The summed E-state index contributed by atoms with van der Waals surface area (Å²) < 4.78 is 5.16. The van der Waals surface area contributed by atoms with Crippen LogP contribution < -0.4 is 5.32 Å². The summed E-state index contributed by atoms with van der Waals surface area (Å²) in [7, 11) is 0. The fourth-order valence-corrected chi connectivity index (χ4v) is 2.59. The van der Waals surface area contributed by atoms with Crippen LogP contribution in [0.5, 0.6) is 0 Å². The number of hydrogen-bond acceptors (Lipinski definition) is 4. The molecule has 0 spiro atoms. The van der Waals surface area contributed by atoms with Crippen LogP contribution in [0.25, 0.3) is 0 Å². The maximum Gasteiger partial charge on any atom is 0.310 e. The lowest BCUT2D eigenvalue weighted by atomic mass is 9.89. The summed E-state index contributed by atoms with van der Waals surface area (Å²) in [6.07, 6.45) is 2.70. The predicted octanol–water partition coefficient (Wildman–Crippen LogP) is 1.64. The molecule has 0 aromatic rings. The Morgan fingerprint density at radius 1 is 1.43 bits per heavy atom. The van der Waals surface area contributed by atoms with Gasteiger partial charge in [0.25, 0.3) is 0 Å². The number of aliphatic hydroxyl groups excluding tert-OH is 1. The number of nitrogens with one attached hydrogen (secondary N) is 1. The Hall–Kier alpha value is -1.30. The molecule has 1 aliphatic heterocycles. The lowest BCUT2D eigenvalue weighted by Crippen LogP contribution is -2.48. The third kappa shape index (κ3) is 6.01. The molecule has 0 aliphatic carbocycles. The van der Waals surface area contributed by atoms with E-state index in [0.29, 0.717) is 19.7 Å². The number of guanidine groups is 1. The van der Waals surface area contributed by atoms with Crippen LogP contribution in [0, 0.1) is 11.3 Å². The average molecular weight is 327 g/mol. The molecule has 0 bridgehead atoms. The van der Waals surface area contributed by atoms with Gasteiger partial charge in [-0.1, -0.05) is 13.8 Å². The Bertz CT molecular complexity index is 395. The minimum Gasteiger partial charge on any atom is -0.466 e. The van der Waals surface area contributed by atoms with Crippen LogP contribution in [0.4, 0.5) is 0 Å². The molecule has 2 N–H and O–H groups in total. The van der Waals surface area contributed by atoms with E-state index in [2.05, 4.69) is 17.1 Å². The molecule has 1 heterocycles. The number of piperidine rings is 1. The van der Waals surface area contributed by atoms with Crippen molar-refractivity contribution in [3.63, 3.8) is 0 Å². The number of aliphatic imine (C=N–C) groups is 1. The maximum atomic E-state index is 12.0. The zero-order chi connectivity index (χ0) is 17.3. The van der Waals surface area contributed by atoms with E-state index in [0.717, 1.165) is 38.3 Å². The quantitative estimate of drug-likeness (QED) is 0.422. The molecule has 2 atom stereocenters. The average Bonchev–Trinajstić information content (AvgIpc) is 2.58. The molecule has 6 nitrogen and oxygen atoms in total. The van der Waals surface area contributed by atoms with Crippen LogP contribution in [0.1, 0.15) is 47.0 Å². The number of nitrogens with zero attached hydrogens (tertiary/aromatic N) is 2. The van der Waals surface area contributed by atoms with Crippen molar-refractivity contribution in [1.29, 1.82) is 0 Å². The van der Waals surface area contributed by atoms with Crippen LogP contribution in [-0.2, 0) is 9.53 Å². The van der Waals surface area contributed by atoms with Gasteiger partial charge in [0.2, 0.25) is 0 Å². The summed E-state index contributed by atoms with van der Waals surface area (Å²) in [4.78, 5) is 18.8. The lowest BCUT2D eigenvalue weighted by molar-refractivity contribution is -0.149. The van der Waals surface area contributed by atoms with Crippen molar-refractivity contribution in [2.24, 2.45) is 16.3 Å². The monoisotopic (exact) mass is 327 g/mol. The Morgan fingerprint density at radius 3 is 2.74 bits per heavy atom. The second-order valence-corrected chi connectivity index (χ2v) is 6.53. The van der Waals surface area contributed by atoms with Crippen LogP contribution in [-0.4, -0.2) is 61.3 Å². The minimum atomic E-state index is -0.197. The number of ether oxygens (including phenoxy) is 1. The Morgan fingerprint density at radius 2 is 2.17 bits per heavy atom. The van der Waals surface area contributed by atoms with Gasteiger partial charge < -0.3 is 20.1 Å². The largest absolute Gasteiger partial charge is 0.466 e. The summed E-state index contributed by atoms with van der Waals surface area (Å²) in [5.41, 5.74) is -0.197. The second-order valence-electron chi connectivity index (χ2n) is 6.53. The van der Waals surface area contributed by atoms with Gasteiger partial charge in [-0.15, -0.1) is 0 Å². The first-order valence-corrected chi connectivity index (χ1v) is 8.80. The number of carbonyl (C=O) groups excluding carboxylic acids is 1. The van der Waals surface area contributed by atoms with Gasteiger partial charge in [0.15, 0.2) is 5.96 Å². The number of hydrogen-bond donors (Lipinski definition) is 2. The van der Waals surface area contributed by atoms with Crippen molar-refractivity contribution >= 4 is 11.9 Å². The van der Waals surface area contributed by atoms with Crippen molar-refractivity contribution in [3.05, 3.63) is 0 Å². The van der Waals surface area contributed by atoms with Crippen molar-refractivity contribution in [2.45, 2.75) is 47.0 Å². The van der Waals surface area contributed by atoms with Gasteiger partial charge in [0.05, 0.1) is 25.7 Å². The molecule has 6 heteroatoms. The van der Waals surface area contributed by atoms with E-state index < -0.39 is 0 Å². The fraction of sp³-hybridized carbons (Fsp3) is 0.882. The van der Waals surface area contributed by atoms with Gasteiger partial charge in [0.1, 0.15) is 0 Å². The highest BCUT2D eigenvalue weighted by atomic mass is 16.5. The molecule has 1 unspecified atom stereocenters. The van der Waals surface area contributed by atoms with Gasteiger partial charge in [0, 0.05) is 25.0 Å². The molecule has 1 rings (SSSR count). The third-order valence-electron chi connectivity index (χ3n) is 4.52. The Kier molecular flexibility index (Phi) is 8.37. The summed E-state index contributed by atoms with van der Waals surface area (Å²) in [6.45, 7) is 11.4. The zero-order valence-electron chi connectivity index (χ0n) is 15.1. The van der Waals surface area contributed by atoms with E-state index in [9.17, 15) is 9.90 Å². The van der Waals surface area contributed by atoms with Crippen molar-refractivity contribution in [2.75, 3.05) is 39.4 Å². The molecule has 1 aliphatic rings. The molecule has 0 aromatic carbocycles. The van der Waals surface area contributed by atoms with E-state index in [-0.39, 0.29) is 23.9 Å². The Balaban J connectivity index is 2.77. The van der Waals surface area contributed by atoms with E-state index in [1.807, 2.05) is 20.8 Å². The number of rotatable bonds is 7. The van der Waals surface area contributed by atoms with Gasteiger partial charge in [-0.2, -0.15) is 0 Å². The summed E-state index contributed by atoms with van der Waals surface area (Å²) in [6, 6.07) is 0. The van der Waals surface area contributed by atoms with Crippen molar-refractivity contribution in [3.8, 4) is 0 Å². The number of likely N-dealkylation sites (tertiary alicyclic amines) is 1. The van der Waals surface area contributed by atoms with E-state index in [4.69, 9.17) is 9.73 Å². The maximum absolute atomic E-state index is 12.0. The first kappa shape index (κ1) is 19.7. The predicted molar refractivity (Wildman–Crippen MR) is 92.4 cm³/mol. The second kappa shape index (κ2) is 9.75. The SMILES string of the molecule is CCNC(=NCC(C)(CC)CO)N1CCC[C@@H](C(=O)OCC)C1. The molecule has 134 valence electrons. The highest BCUT2D eigenvalue weighted by molar-refractivity contribution is 5.81. The molecule has 0 saturated carbocycles. The minimum absolute atomic E-state index is 0.0806. The van der Waals surface area contributed by atoms with Gasteiger partial charge in [-0.25, -0.2) is 0 Å². The van der Waals surface area contributed by atoms with Crippen LogP contribution in [0.3, 0.4) is 0 Å². The smallest absolute Gasteiger partial charge is 0.310 e. The topological polar surface area (TPSA) is 74.2 Å². The molecular weight excluding hydrogens is 294 g/mol. The van der Waals surface area contributed by atoms with E-state index >= 15 is 0 Å². The third-order valence-corrected chi connectivity index (χ3v) is 4.52. The van der Waals surface area contributed by atoms with Gasteiger partial charge >= 0.3 is 5.97 Å². The van der Waals surface area contributed by atoms with Crippen molar-refractivity contribution < 1.29 is 14.6 Å². The Labute approximate surface area is 140 Å². The molecule has 1 saturated heterocycles. The van der Waals surface area contributed by atoms with Crippen LogP contribution >= 0.6 is 0 Å². The first-order valence-electron chi connectivity index (χ1n) is 8.80. The molecule has 1 fully saturated rings. The highest BCUT2D eigenvalue weighted by Crippen LogP contribution is 2.22. The molecule has 0 amide bonds. The van der Waals surface area contributed by atoms with Crippen LogP contribution in [0.15, 0.2) is 4.99 Å². The van der Waals surface area contributed by atoms with Crippen molar-refractivity contribution in [1.82, 2.24) is 10.2 Å². The number of carbonyl (C=O) groups is 1. The normalized spacial score (nSPS) is 21.7. The zero-order valence-corrected chi connectivity index (χ0v) is 15.1. The lowest BCUT2D eigenvalue weighted by Gasteiger charge is -2.34. The van der Waals surface area contributed by atoms with Crippen LogP contribution in [0.2, 0.25) is 0 Å². The van der Waals surface area contributed by atoms with E-state index in [1.54, 1.807) is 0 Å². The summed E-state index contributed by atoms with van der Waals surface area (Å²) in [5.74, 6) is 0.638. The highest BCUT2D eigenvalue weighted by Gasteiger charge is 2.29. The fourth-order valence-electron chi connectivity index (χ4n) is 2.59. The number of aliphatic hydroxyl groups is 1. The number of esters is 1. The standard InChI is InChI=1S/C17H33N3O3/c1-5-17(4,13-21)12-19-16(18-6-2)20-10-8-9-14(11-20)15(22)23-7-3/h14,21H,5-13H2,1-4H3,(H,18,19)/t14-,17?/m1/s1. The molecular formula is C17H33N3O3. The van der Waals surface area contributed by atoms with Gasteiger partial charge in [-0.3, -0.25) is 9.79 Å².